The molecule has 1 aromatic rings. The molecule has 0 amide bonds. The number of carbonyl (C=O) groups is 4. The molecule has 0 aromatic heterocycles. The summed E-state index contributed by atoms with van der Waals surface area (Å²) < 4.78 is 27.5. The van der Waals surface area contributed by atoms with Gasteiger partial charge in [-0.2, -0.15) is 0 Å². The van der Waals surface area contributed by atoms with Crippen molar-refractivity contribution in [3.8, 4) is 0 Å². The van der Waals surface area contributed by atoms with E-state index in [1.165, 1.54) is 34.8 Å². The number of esters is 4. The number of hydrogen-bond acceptors (Lipinski definition) is 11. The van der Waals surface area contributed by atoms with Crippen molar-refractivity contribution < 1.29 is 47.7 Å². The summed E-state index contributed by atoms with van der Waals surface area (Å²) in [5, 5.41) is 4.07. The zero-order chi connectivity index (χ0) is 25.3. The minimum atomic E-state index is -1.23. The summed E-state index contributed by atoms with van der Waals surface area (Å²) in [6, 6.07) is 9.08. The molecule has 1 aromatic carbocycles. The van der Waals surface area contributed by atoms with Crippen molar-refractivity contribution in [2.45, 2.75) is 64.6 Å². The highest BCUT2D eigenvalue weighted by Crippen LogP contribution is 2.31. The molecule has 0 spiro atoms. The molecule has 0 bridgehead atoms. The Kier molecular flexibility index (Phi) is 9.99. The van der Waals surface area contributed by atoms with Gasteiger partial charge in [0.05, 0.1) is 5.71 Å². The highest BCUT2D eigenvalue weighted by molar-refractivity contribution is 6.00. The van der Waals surface area contributed by atoms with Crippen LogP contribution in [0, 0.1) is 0 Å². The molecule has 2 rings (SSSR count). The van der Waals surface area contributed by atoms with Gasteiger partial charge in [-0.05, 0) is 5.56 Å². The summed E-state index contributed by atoms with van der Waals surface area (Å²) >= 11 is 0. The van der Waals surface area contributed by atoms with Crippen LogP contribution in [-0.4, -0.2) is 73.8 Å². The fraction of sp³-hybridized carbons (Fsp3) is 0.522. The molecule has 0 saturated carbocycles. The van der Waals surface area contributed by atoms with Gasteiger partial charge in [-0.3, -0.25) is 19.2 Å². The number of hydrogen-bond donors (Lipinski definition) is 0. The van der Waals surface area contributed by atoms with Crippen LogP contribution in [-0.2, 0) is 47.7 Å². The predicted molar refractivity (Wildman–Crippen MR) is 117 cm³/mol. The largest absolute Gasteiger partial charge is 0.463 e. The van der Waals surface area contributed by atoms with E-state index in [0.717, 1.165) is 5.56 Å². The standard InChI is InChI=1S/C23H29NO10/c1-13(25)30-12-20-22(32-15(3)27)23(33-16(4)28)21(31-14(2)26)19(34-20)11-18(24-29-5)17-9-7-6-8-10-17/h6-10,19-23H,11-12H2,1-5H3/b24-18-/t19-,20+,21-,22-,23+/m0/s1. The fourth-order valence-corrected chi connectivity index (χ4v) is 3.62. The van der Waals surface area contributed by atoms with Gasteiger partial charge in [-0.15, -0.1) is 0 Å². The summed E-state index contributed by atoms with van der Waals surface area (Å²) in [5.74, 6) is -2.64. The van der Waals surface area contributed by atoms with Gasteiger partial charge in [-0.1, -0.05) is 35.5 Å². The molecule has 0 aliphatic carbocycles. The Hall–Kier alpha value is -3.47. The Morgan fingerprint density at radius 1 is 0.794 bits per heavy atom. The Morgan fingerprint density at radius 3 is 1.82 bits per heavy atom. The van der Waals surface area contributed by atoms with Crippen LogP contribution < -0.4 is 0 Å². The van der Waals surface area contributed by atoms with E-state index in [2.05, 4.69) is 5.16 Å². The monoisotopic (exact) mass is 479 g/mol. The van der Waals surface area contributed by atoms with E-state index in [0.29, 0.717) is 5.71 Å². The molecule has 1 heterocycles. The zero-order valence-corrected chi connectivity index (χ0v) is 19.7. The van der Waals surface area contributed by atoms with Crippen molar-refractivity contribution in [2.24, 2.45) is 5.16 Å². The molecule has 1 aliphatic heterocycles. The van der Waals surface area contributed by atoms with E-state index >= 15 is 0 Å². The van der Waals surface area contributed by atoms with Gasteiger partial charge in [0.2, 0.25) is 0 Å². The first-order valence-corrected chi connectivity index (χ1v) is 10.6. The minimum absolute atomic E-state index is 0.0664. The molecule has 11 heteroatoms. The number of benzene rings is 1. The Morgan fingerprint density at radius 2 is 1.32 bits per heavy atom. The molecular formula is C23H29NO10. The predicted octanol–water partition coefficient (Wildman–Crippen LogP) is 1.55. The Balaban J connectivity index is 2.50. The van der Waals surface area contributed by atoms with Crippen LogP contribution in [0.15, 0.2) is 35.5 Å². The maximum Gasteiger partial charge on any atom is 0.303 e. The highest BCUT2D eigenvalue weighted by atomic mass is 16.7. The average molecular weight is 479 g/mol. The lowest BCUT2D eigenvalue weighted by Gasteiger charge is -2.44. The van der Waals surface area contributed by atoms with Crippen molar-refractivity contribution in [1.82, 2.24) is 0 Å². The van der Waals surface area contributed by atoms with Gasteiger partial charge >= 0.3 is 23.9 Å². The van der Waals surface area contributed by atoms with E-state index in [4.69, 9.17) is 28.5 Å². The van der Waals surface area contributed by atoms with Gasteiger partial charge in [0, 0.05) is 34.1 Å². The first kappa shape index (κ1) is 26.8. The quantitative estimate of drug-likeness (QED) is 0.222. The van der Waals surface area contributed by atoms with Crippen LogP contribution in [0.4, 0.5) is 0 Å². The van der Waals surface area contributed by atoms with Crippen molar-refractivity contribution in [2.75, 3.05) is 13.7 Å². The van der Waals surface area contributed by atoms with Crippen LogP contribution in [0.1, 0.15) is 39.7 Å². The summed E-state index contributed by atoms with van der Waals surface area (Å²) in [4.78, 5) is 52.1. The molecule has 0 unspecified atom stereocenters. The van der Waals surface area contributed by atoms with Crippen molar-refractivity contribution in [3.63, 3.8) is 0 Å². The molecule has 1 aliphatic rings. The second kappa shape index (κ2) is 12.7. The molecule has 0 radical (unpaired) electrons. The van der Waals surface area contributed by atoms with E-state index in [1.54, 1.807) is 0 Å². The van der Waals surface area contributed by atoms with Crippen molar-refractivity contribution >= 4 is 29.6 Å². The summed E-state index contributed by atoms with van der Waals surface area (Å²) in [7, 11) is 1.39. The molecule has 1 saturated heterocycles. The molecule has 11 nitrogen and oxygen atoms in total. The zero-order valence-electron chi connectivity index (χ0n) is 19.7. The van der Waals surface area contributed by atoms with Crippen molar-refractivity contribution in [1.29, 1.82) is 0 Å². The summed E-state index contributed by atoms with van der Waals surface area (Å²) in [5.41, 5.74) is 1.18. The van der Waals surface area contributed by atoms with Gasteiger partial charge in [0.25, 0.3) is 0 Å². The molecule has 186 valence electrons. The van der Waals surface area contributed by atoms with Gasteiger partial charge < -0.3 is 28.5 Å². The lowest BCUT2D eigenvalue weighted by Crippen LogP contribution is -2.62. The number of carbonyl (C=O) groups excluding carboxylic acids is 4. The molecular weight excluding hydrogens is 450 g/mol. The van der Waals surface area contributed by atoms with E-state index in [1.807, 2.05) is 30.3 Å². The summed E-state index contributed by atoms with van der Waals surface area (Å²) in [6.07, 6.45) is -5.48. The minimum Gasteiger partial charge on any atom is -0.463 e. The lowest BCUT2D eigenvalue weighted by atomic mass is 9.90. The first-order valence-electron chi connectivity index (χ1n) is 10.6. The maximum atomic E-state index is 11.9. The van der Waals surface area contributed by atoms with Crippen LogP contribution in [0.3, 0.4) is 0 Å². The number of ether oxygens (including phenoxy) is 5. The Bertz CT molecular complexity index is 900. The number of rotatable bonds is 9. The second-order valence-corrected chi connectivity index (χ2v) is 7.53. The summed E-state index contributed by atoms with van der Waals surface area (Å²) in [6.45, 7) is 4.44. The Labute approximate surface area is 197 Å². The van der Waals surface area contributed by atoms with Crippen LogP contribution >= 0.6 is 0 Å². The molecule has 34 heavy (non-hydrogen) atoms. The third kappa shape index (κ3) is 7.84. The topological polar surface area (TPSA) is 136 Å². The van der Waals surface area contributed by atoms with E-state index < -0.39 is 54.4 Å². The second-order valence-electron chi connectivity index (χ2n) is 7.53. The van der Waals surface area contributed by atoms with Crippen LogP contribution in [0.5, 0.6) is 0 Å². The van der Waals surface area contributed by atoms with Gasteiger partial charge in [0.15, 0.2) is 18.3 Å². The number of oxime groups is 1. The van der Waals surface area contributed by atoms with Crippen LogP contribution in [0.25, 0.3) is 0 Å². The molecule has 0 N–H and O–H groups in total. The first-order chi connectivity index (χ1) is 16.1. The highest BCUT2D eigenvalue weighted by Gasteiger charge is 2.52. The molecule has 5 atom stereocenters. The third-order valence-corrected chi connectivity index (χ3v) is 4.79. The maximum absolute atomic E-state index is 11.9. The van der Waals surface area contributed by atoms with E-state index in [9.17, 15) is 19.2 Å². The van der Waals surface area contributed by atoms with E-state index in [-0.39, 0.29) is 13.0 Å². The normalized spacial score (nSPS) is 24.5. The van der Waals surface area contributed by atoms with Crippen LogP contribution in [0.2, 0.25) is 0 Å². The van der Waals surface area contributed by atoms with Gasteiger partial charge in [-0.25, -0.2) is 0 Å². The SMILES string of the molecule is CO/N=C(/C[C@@H]1O[C@H](COC(C)=O)[C@H](OC(C)=O)[C@H](OC(C)=O)[C@H]1OC(C)=O)c1ccccc1. The smallest absolute Gasteiger partial charge is 0.303 e. The van der Waals surface area contributed by atoms with Gasteiger partial charge in [0.1, 0.15) is 25.9 Å². The molecule has 1 fully saturated rings. The number of nitrogens with zero attached hydrogens (tertiary/aromatic N) is 1. The van der Waals surface area contributed by atoms with Crippen molar-refractivity contribution in [3.05, 3.63) is 35.9 Å². The average Bonchev–Trinajstić information content (AvgIpc) is 2.75. The third-order valence-electron chi connectivity index (χ3n) is 4.79. The lowest BCUT2D eigenvalue weighted by molar-refractivity contribution is -0.251. The fourth-order valence-electron chi connectivity index (χ4n) is 3.62.